The number of methoxy groups -OCH3 is 1. The predicted octanol–water partition coefficient (Wildman–Crippen LogP) is 3.86. The maximum atomic E-state index is 13.9. The zero-order chi connectivity index (χ0) is 27.7. The Balaban J connectivity index is 1.67. The summed E-state index contributed by atoms with van der Waals surface area (Å²) < 4.78 is 30.2. The van der Waals surface area contributed by atoms with Crippen LogP contribution in [-0.2, 0) is 9.53 Å². The van der Waals surface area contributed by atoms with Gasteiger partial charge in [0, 0.05) is 0 Å². The van der Waals surface area contributed by atoms with E-state index in [2.05, 4.69) is 27.5 Å². The first-order valence-corrected chi connectivity index (χ1v) is 13.7. The number of aromatic nitrogens is 1. The monoisotopic (exact) mass is 612 g/mol. The highest BCUT2D eigenvalue weighted by atomic mass is 79.9. The lowest BCUT2D eigenvalue weighted by atomic mass is 9.95. The maximum absolute atomic E-state index is 13.9. The summed E-state index contributed by atoms with van der Waals surface area (Å²) in [5.41, 5.74) is 1.88. The number of allylic oxidation sites excluding steroid dienone is 1. The highest BCUT2D eigenvalue weighted by Crippen LogP contribution is 2.39. The van der Waals surface area contributed by atoms with Crippen LogP contribution >= 0.6 is 27.3 Å². The van der Waals surface area contributed by atoms with Crippen LogP contribution in [0.2, 0.25) is 0 Å². The molecule has 0 bridgehead atoms. The molecule has 0 fully saturated rings. The second kappa shape index (κ2) is 11.1. The van der Waals surface area contributed by atoms with Gasteiger partial charge in [-0.2, -0.15) is 0 Å². The molecule has 0 radical (unpaired) electrons. The van der Waals surface area contributed by atoms with Crippen molar-refractivity contribution < 1.29 is 28.5 Å². The molecule has 3 aromatic rings. The standard InChI is InChI=1S/C28H25BrN2O7S/c1-5-9-36-25-18(29)10-16(11-21(25)34-4)12-22-26(32)31-24(17-7-8-19-20(13-17)38-14-37-19)23(27(33)35-6-2)15(3)30-28(31)39-22/h5,7-8,10-13,24H,1,6,9,14H2,2-4H3/b22-12-/t24-/m0/s1. The summed E-state index contributed by atoms with van der Waals surface area (Å²) in [6, 6.07) is 8.23. The molecule has 0 N–H and O–H groups in total. The molecule has 0 saturated carbocycles. The normalized spacial score (nSPS) is 16.0. The average Bonchev–Trinajstić information content (AvgIpc) is 3.50. The molecule has 0 aliphatic carbocycles. The maximum Gasteiger partial charge on any atom is 0.338 e. The van der Waals surface area contributed by atoms with Crippen LogP contribution in [0, 0.1) is 0 Å². The highest BCUT2D eigenvalue weighted by Gasteiger charge is 2.34. The number of benzene rings is 2. The van der Waals surface area contributed by atoms with E-state index in [0.29, 0.717) is 60.2 Å². The van der Waals surface area contributed by atoms with Crippen molar-refractivity contribution in [2.24, 2.45) is 4.99 Å². The van der Waals surface area contributed by atoms with Crippen molar-refractivity contribution in [3.63, 3.8) is 0 Å². The molecule has 0 saturated heterocycles. The number of thiazole rings is 1. The number of fused-ring (bicyclic) bond motifs is 2. The zero-order valence-corrected chi connectivity index (χ0v) is 23.9. The lowest BCUT2D eigenvalue weighted by Gasteiger charge is -2.24. The number of ether oxygens (including phenoxy) is 5. The molecule has 202 valence electrons. The first-order valence-electron chi connectivity index (χ1n) is 12.1. The molecule has 1 atom stereocenters. The Kier molecular flexibility index (Phi) is 7.62. The van der Waals surface area contributed by atoms with Crippen LogP contribution in [0.4, 0.5) is 0 Å². The van der Waals surface area contributed by atoms with Gasteiger partial charge in [0.1, 0.15) is 6.61 Å². The van der Waals surface area contributed by atoms with E-state index in [-0.39, 0.29) is 19.0 Å². The molecular weight excluding hydrogens is 588 g/mol. The second-order valence-electron chi connectivity index (χ2n) is 8.55. The smallest absolute Gasteiger partial charge is 0.338 e. The zero-order valence-electron chi connectivity index (χ0n) is 21.5. The number of hydrogen-bond acceptors (Lipinski definition) is 9. The van der Waals surface area contributed by atoms with Crippen molar-refractivity contribution in [3.05, 3.63) is 89.5 Å². The molecule has 2 aromatic carbocycles. The Morgan fingerprint density at radius 2 is 2.08 bits per heavy atom. The fraction of sp³-hybridized carbons (Fsp3) is 0.250. The number of esters is 1. The van der Waals surface area contributed by atoms with Gasteiger partial charge in [0.25, 0.3) is 5.56 Å². The predicted molar refractivity (Wildman–Crippen MR) is 149 cm³/mol. The van der Waals surface area contributed by atoms with Crippen LogP contribution in [0.15, 0.2) is 68.5 Å². The molecule has 9 nitrogen and oxygen atoms in total. The molecule has 5 rings (SSSR count). The van der Waals surface area contributed by atoms with Crippen molar-refractivity contribution in [2.75, 3.05) is 27.1 Å². The summed E-state index contributed by atoms with van der Waals surface area (Å²) >= 11 is 4.77. The van der Waals surface area contributed by atoms with Gasteiger partial charge in [-0.25, -0.2) is 9.79 Å². The third kappa shape index (κ3) is 4.99. The first-order chi connectivity index (χ1) is 18.9. The largest absolute Gasteiger partial charge is 0.493 e. The minimum atomic E-state index is -0.757. The SMILES string of the molecule is C=CCOc1c(Br)cc(/C=c2\sc3n(c2=O)[C@@H](c2ccc4c(c2)OCO4)C(C(=O)OCC)=C(C)N=3)cc1OC. The summed E-state index contributed by atoms with van der Waals surface area (Å²) in [5, 5.41) is 0. The van der Waals surface area contributed by atoms with Gasteiger partial charge in [-0.1, -0.05) is 30.1 Å². The van der Waals surface area contributed by atoms with Crippen molar-refractivity contribution in [3.8, 4) is 23.0 Å². The molecule has 39 heavy (non-hydrogen) atoms. The fourth-order valence-corrected chi connectivity index (χ4v) is 6.07. The molecule has 0 unspecified atom stereocenters. The van der Waals surface area contributed by atoms with Crippen LogP contribution < -0.4 is 33.8 Å². The lowest BCUT2D eigenvalue weighted by molar-refractivity contribution is -0.139. The molecule has 0 amide bonds. The minimum Gasteiger partial charge on any atom is -0.493 e. The van der Waals surface area contributed by atoms with Crippen LogP contribution in [0.5, 0.6) is 23.0 Å². The van der Waals surface area contributed by atoms with Gasteiger partial charge in [0.2, 0.25) is 6.79 Å². The van der Waals surface area contributed by atoms with Gasteiger partial charge in [0.05, 0.1) is 40.0 Å². The number of carbonyl (C=O) groups excluding carboxylic acids is 1. The summed E-state index contributed by atoms with van der Waals surface area (Å²) in [5.74, 6) is 1.66. The third-order valence-corrected chi connectivity index (χ3v) is 7.70. The Bertz CT molecular complexity index is 1690. The molecule has 11 heteroatoms. The molecular formula is C28H25BrN2O7S. The number of nitrogens with zero attached hydrogens (tertiary/aromatic N) is 2. The van der Waals surface area contributed by atoms with E-state index in [1.807, 2.05) is 12.1 Å². The van der Waals surface area contributed by atoms with Crippen LogP contribution in [0.3, 0.4) is 0 Å². The quantitative estimate of drug-likeness (QED) is 0.281. The minimum absolute atomic E-state index is 0.109. The fourth-order valence-electron chi connectivity index (χ4n) is 4.45. The van der Waals surface area contributed by atoms with Crippen molar-refractivity contribution in [2.45, 2.75) is 19.9 Å². The number of halogens is 1. The van der Waals surface area contributed by atoms with E-state index >= 15 is 0 Å². The Hall–Kier alpha value is -3.83. The Morgan fingerprint density at radius 3 is 2.82 bits per heavy atom. The third-order valence-electron chi connectivity index (χ3n) is 6.12. The van der Waals surface area contributed by atoms with E-state index in [9.17, 15) is 9.59 Å². The van der Waals surface area contributed by atoms with Crippen LogP contribution in [0.1, 0.15) is 31.0 Å². The van der Waals surface area contributed by atoms with Crippen molar-refractivity contribution in [1.29, 1.82) is 0 Å². The molecule has 0 spiro atoms. The number of rotatable bonds is 8. The summed E-state index contributed by atoms with van der Waals surface area (Å²) in [6.07, 6.45) is 3.40. The van der Waals surface area contributed by atoms with Crippen molar-refractivity contribution >= 4 is 39.3 Å². The Labute approximate surface area is 236 Å². The van der Waals surface area contributed by atoms with Crippen molar-refractivity contribution in [1.82, 2.24) is 4.57 Å². The van der Waals surface area contributed by atoms with E-state index in [4.69, 9.17) is 23.7 Å². The van der Waals surface area contributed by atoms with Gasteiger partial charge >= 0.3 is 5.97 Å². The van der Waals surface area contributed by atoms with E-state index in [0.717, 1.165) is 5.56 Å². The summed E-state index contributed by atoms with van der Waals surface area (Å²) in [4.78, 5) is 32.1. The van der Waals surface area contributed by atoms with Crippen LogP contribution in [-0.4, -0.2) is 37.7 Å². The second-order valence-corrected chi connectivity index (χ2v) is 10.4. The highest BCUT2D eigenvalue weighted by molar-refractivity contribution is 9.10. The molecule has 2 aliphatic heterocycles. The Morgan fingerprint density at radius 1 is 1.28 bits per heavy atom. The van der Waals surface area contributed by atoms with Gasteiger partial charge in [0.15, 0.2) is 27.8 Å². The lowest BCUT2D eigenvalue weighted by Crippen LogP contribution is -2.39. The van der Waals surface area contributed by atoms with Gasteiger partial charge in [-0.3, -0.25) is 9.36 Å². The number of carbonyl (C=O) groups is 1. The van der Waals surface area contributed by atoms with E-state index in [1.165, 1.54) is 15.9 Å². The van der Waals surface area contributed by atoms with Gasteiger partial charge in [-0.15, -0.1) is 0 Å². The van der Waals surface area contributed by atoms with E-state index in [1.54, 1.807) is 51.3 Å². The molecule has 3 heterocycles. The number of hydrogen-bond donors (Lipinski definition) is 0. The van der Waals surface area contributed by atoms with Gasteiger partial charge < -0.3 is 23.7 Å². The average molecular weight is 613 g/mol. The molecule has 2 aliphatic rings. The summed E-state index contributed by atoms with van der Waals surface area (Å²) in [6.45, 7) is 7.77. The first kappa shape index (κ1) is 26.8. The van der Waals surface area contributed by atoms with E-state index < -0.39 is 12.0 Å². The molecule has 1 aromatic heterocycles. The topological polar surface area (TPSA) is 97.6 Å². The van der Waals surface area contributed by atoms with Crippen LogP contribution in [0.25, 0.3) is 6.08 Å². The summed E-state index contributed by atoms with van der Waals surface area (Å²) in [7, 11) is 1.55. The van der Waals surface area contributed by atoms with Gasteiger partial charge in [-0.05, 0) is 71.2 Å².